The van der Waals surface area contributed by atoms with E-state index in [1.807, 2.05) is 0 Å². The van der Waals surface area contributed by atoms with E-state index in [0.717, 1.165) is 5.69 Å². The number of ether oxygens (including phenoxy) is 3. The summed E-state index contributed by atoms with van der Waals surface area (Å²) in [5.74, 6) is 0.184. The fraction of sp³-hybridized carbons (Fsp3) is 0.562. The van der Waals surface area contributed by atoms with Gasteiger partial charge in [-0.15, -0.1) is 0 Å². The smallest absolute Gasteiger partial charge is 0.305 e. The molecule has 0 radical (unpaired) electrons. The lowest BCUT2D eigenvalue weighted by Crippen LogP contribution is -2.36. The Hall–Kier alpha value is -2.35. The van der Waals surface area contributed by atoms with Crippen LogP contribution in [0.2, 0.25) is 0 Å². The van der Waals surface area contributed by atoms with Crippen molar-refractivity contribution in [1.29, 1.82) is 0 Å². The molecule has 0 aromatic heterocycles. The lowest BCUT2D eigenvalue weighted by Gasteiger charge is -2.30. The van der Waals surface area contributed by atoms with Gasteiger partial charge in [0.15, 0.2) is 0 Å². The topological polar surface area (TPSA) is 91.1 Å². The second-order valence-corrected chi connectivity index (χ2v) is 5.27. The molecule has 2 rings (SSSR count). The maximum Gasteiger partial charge on any atom is 0.305 e. The number of non-ortho nitro benzene ring substituents is 1. The Morgan fingerprint density at radius 1 is 1.38 bits per heavy atom. The van der Waals surface area contributed by atoms with Crippen LogP contribution in [-0.4, -0.2) is 50.4 Å². The Morgan fingerprint density at radius 2 is 2.12 bits per heavy atom. The van der Waals surface area contributed by atoms with E-state index in [1.54, 1.807) is 13.0 Å². The predicted molar refractivity (Wildman–Crippen MR) is 87.5 cm³/mol. The Kier molecular flexibility index (Phi) is 6.80. The number of nitro groups is 1. The van der Waals surface area contributed by atoms with E-state index < -0.39 is 4.92 Å². The Balaban J connectivity index is 2.02. The molecule has 0 atom stereocenters. The molecule has 1 saturated heterocycles. The third-order valence-electron chi connectivity index (χ3n) is 3.59. The quantitative estimate of drug-likeness (QED) is 0.310. The molecule has 0 unspecified atom stereocenters. The number of carbonyl (C=O) groups is 1. The summed E-state index contributed by atoms with van der Waals surface area (Å²) in [5.41, 5.74) is 0.785. The number of morpholine rings is 1. The van der Waals surface area contributed by atoms with Crippen LogP contribution in [0.15, 0.2) is 18.2 Å². The maximum absolute atomic E-state index is 11.3. The number of esters is 1. The molecular formula is C16H22N2O6. The molecule has 1 aliphatic rings. The highest BCUT2D eigenvalue weighted by molar-refractivity contribution is 5.69. The van der Waals surface area contributed by atoms with Crippen molar-refractivity contribution in [1.82, 2.24) is 0 Å². The summed E-state index contributed by atoms with van der Waals surface area (Å²) in [7, 11) is 0. The Labute approximate surface area is 140 Å². The molecule has 0 spiro atoms. The molecule has 0 bridgehead atoms. The number of nitrogens with zero attached hydrogens (tertiary/aromatic N) is 2. The van der Waals surface area contributed by atoms with Crippen LogP contribution in [0, 0.1) is 10.1 Å². The molecule has 0 saturated carbocycles. The van der Waals surface area contributed by atoms with Gasteiger partial charge in [-0.3, -0.25) is 14.9 Å². The number of nitro benzene ring substituents is 1. The molecule has 1 aliphatic heterocycles. The van der Waals surface area contributed by atoms with E-state index in [9.17, 15) is 14.9 Å². The number of hydrogen-bond donors (Lipinski definition) is 0. The minimum atomic E-state index is -0.450. The first-order valence-electron chi connectivity index (χ1n) is 8.01. The van der Waals surface area contributed by atoms with Gasteiger partial charge in [0, 0.05) is 25.6 Å². The second-order valence-electron chi connectivity index (χ2n) is 5.27. The van der Waals surface area contributed by atoms with Gasteiger partial charge in [-0.25, -0.2) is 0 Å². The second kappa shape index (κ2) is 9.07. The minimum absolute atomic E-state index is 0.0209. The fourth-order valence-corrected chi connectivity index (χ4v) is 2.43. The zero-order valence-corrected chi connectivity index (χ0v) is 13.7. The lowest BCUT2D eigenvalue weighted by molar-refractivity contribution is -0.384. The predicted octanol–water partition coefficient (Wildman–Crippen LogP) is 2.15. The van der Waals surface area contributed by atoms with Crippen molar-refractivity contribution in [2.75, 3.05) is 44.4 Å². The highest BCUT2D eigenvalue weighted by Crippen LogP contribution is 2.33. The van der Waals surface area contributed by atoms with E-state index in [4.69, 9.17) is 14.2 Å². The van der Waals surface area contributed by atoms with Gasteiger partial charge in [-0.2, -0.15) is 0 Å². The zero-order chi connectivity index (χ0) is 17.4. The van der Waals surface area contributed by atoms with E-state index in [0.29, 0.717) is 45.1 Å². The van der Waals surface area contributed by atoms with Crippen molar-refractivity contribution < 1.29 is 23.9 Å². The van der Waals surface area contributed by atoms with Gasteiger partial charge in [-0.1, -0.05) is 0 Å². The van der Waals surface area contributed by atoms with E-state index in [1.165, 1.54) is 12.1 Å². The van der Waals surface area contributed by atoms with Crippen LogP contribution in [-0.2, 0) is 14.3 Å². The molecule has 1 aromatic carbocycles. The van der Waals surface area contributed by atoms with Gasteiger partial charge in [0.1, 0.15) is 5.75 Å². The van der Waals surface area contributed by atoms with Crippen LogP contribution in [0.25, 0.3) is 0 Å². The van der Waals surface area contributed by atoms with E-state index >= 15 is 0 Å². The van der Waals surface area contributed by atoms with Crippen LogP contribution in [0.4, 0.5) is 11.4 Å². The summed E-state index contributed by atoms with van der Waals surface area (Å²) in [4.78, 5) is 23.9. The highest BCUT2D eigenvalue weighted by atomic mass is 16.6. The van der Waals surface area contributed by atoms with Gasteiger partial charge >= 0.3 is 5.97 Å². The molecule has 8 nitrogen and oxygen atoms in total. The minimum Gasteiger partial charge on any atom is -0.491 e. The summed E-state index contributed by atoms with van der Waals surface area (Å²) in [5, 5.41) is 11.0. The van der Waals surface area contributed by atoms with Gasteiger partial charge in [0.05, 0.1) is 43.1 Å². The molecule has 0 amide bonds. The number of hydrogen-bond acceptors (Lipinski definition) is 7. The molecule has 0 N–H and O–H groups in total. The average molecular weight is 338 g/mol. The van der Waals surface area contributed by atoms with Gasteiger partial charge in [0.25, 0.3) is 5.69 Å². The third-order valence-corrected chi connectivity index (χ3v) is 3.59. The van der Waals surface area contributed by atoms with Crippen LogP contribution in [0.5, 0.6) is 5.75 Å². The number of rotatable bonds is 8. The number of anilines is 1. The Morgan fingerprint density at radius 3 is 2.79 bits per heavy atom. The van der Waals surface area contributed by atoms with Crippen molar-refractivity contribution in [3.63, 3.8) is 0 Å². The molecule has 1 heterocycles. The Bertz CT molecular complexity index is 572. The fourth-order valence-electron chi connectivity index (χ4n) is 2.43. The normalized spacial score (nSPS) is 14.3. The van der Waals surface area contributed by atoms with E-state index in [-0.39, 0.29) is 24.7 Å². The van der Waals surface area contributed by atoms with Crippen LogP contribution >= 0.6 is 0 Å². The summed E-state index contributed by atoms with van der Waals surface area (Å²) in [6, 6.07) is 4.59. The number of carbonyl (C=O) groups excluding carboxylic acids is 1. The van der Waals surface area contributed by atoms with Gasteiger partial charge in [0.2, 0.25) is 0 Å². The SMILES string of the molecule is CCOC(=O)CCCOc1cc([N+](=O)[O-])ccc1N1CCOCC1. The van der Waals surface area contributed by atoms with Crippen molar-refractivity contribution in [3.05, 3.63) is 28.3 Å². The van der Waals surface area contributed by atoms with Gasteiger partial charge < -0.3 is 19.1 Å². The summed E-state index contributed by atoms with van der Waals surface area (Å²) in [6.45, 7) is 5.03. The largest absolute Gasteiger partial charge is 0.491 e. The summed E-state index contributed by atoms with van der Waals surface area (Å²) < 4.78 is 15.9. The van der Waals surface area contributed by atoms with Gasteiger partial charge in [-0.05, 0) is 19.4 Å². The average Bonchev–Trinajstić information content (AvgIpc) is 2.59. The molecule has 0 aliphatic carbocycles. The zero-order valence-electron chi connectivity index (χ0n) is 13.7. The third kappa shape index (κ3) is 5.09. The first-order chi connectivity index (χ1) is 11.6. The van der Waals surface area contributed by atoms with Crippen LogP contribution in [0.1, 0.15) is 19.8 Å². The first-order valence-corrected chi connectivity index (χ1v) is 8.01. The molecule has 1 aromatic rings. The monoisotopic (exact) mass is 338 g/mol. The van der Waals surface area contributed by atoms with Crippen molar-refractivity contribution in [3.8, 4) is 5.75 Å². The first kappa shape index (κ1) is 18.0. The van der Waals surface area contributed by atoms with E-state index in [2.05, 4.69) is 4.90 Å². The van der Waals surface area contributed by atoms with Crippen molar-refractivity contribution in [2.45, 2.75) is 19.8 Å². The van der Waals surface area contributed by atoms with Crippen LogP contribution in [0.3, 0.4) is 0 Å². The summed E-state index contributed by atoms with van der Waals surface area (Å²) >= 11 is 0. The molecule has 132 valence electrons. The number of benzene rings is 1. The van der Waals surface area contributed by atoms with Crippen molar-refractivity contribution >= 4 is 17.3 Å². The molecule has 8 heteroatoms. The lowest BCUT2D eigenvalue weighted by atomic mass is 10.2. The van der Waals surface area contributed by atoms with Crippen molar-refractivity contribution in [2.24, 2.45) is 0 Å². The maximum atomic E-state index is 11.3. The molecule has 24 heavy (non-hydrogen) atoms. The van der Waals surface area contributed by atoms with Crippen LogP contribution < -0.4 is 9.64 Å². The standard InChI is InChI=1S/C16H22N2O6/c1-2-23-16(19)4-3-9-24-15-12-13(18(20)21)5-6-14(15)17-7-10-22-11-8-17/h5-6,12H,2-4,7-11H2,1H3. The summed E-state index contributed by atoms with van der Waals surface area (Å²) in [6.07, 6.45) is 0.750. The highest BCUT2D eigenvalue weighted by Gasteiger charge is 2.19. The molecule has 1 fully saturated rings. The molecular weight excluding hydrogens is 316 g/mol.